The van der Waals surface area contributed by atoms with E-state index in [0.717, 1.165) is 5.56 Å². The summed E-state index contributed by atoms with van der Waals surface area (Å²) < 4.78 is 5.73. The van der Waals surface area contributed by atoms with Gasteiger partial charge in [0.1, 0.15) is 23.3 Å². The molecule has 1 aromatic carbocycles. The van der Waals surface area contributed by atoms with E-state index >= 15 is 0 Å². The van der Waals surface area contributed by atoms with E-state index in [1.54, 1.807) is 31.2 Å². The number of Topliss-reactive ketones (excluding diaryl/α,β-unsaturated/α-hetero) is 1. The minimum absolute atomic E-state index is 0.0666. The van der Waals surface area contributed by atoms with Gasteiger partial charge in [0.25, 0.3) is 11.7 Å². The molecule has 142 valence electrons. The van der Waals surface area contributed by atoms with E-state index in [0.29, 0.717) is 30.2 Å². The van der Waals surface area contributed by atoms with Gasteiger partial charge in [0, 0.05) is 18.7 Å². The molecule has 0 radical (unpaired) electrons. The lowest BCUT2D eigenvalue weighted by molar-refractivity contribution is -0.140. The number of likely N-dealkylation sites (tertiary alicyclic amines) is 1. The molecule has 0 bridgehead atoms. The predicted octanol–water partition coefficient (Wildman–Crippen LogP) is 2.88. The van der Waals surface area contributed by atoms with Crippen molar-refractivity contribution in [1.29, 1.82) is 0 Å². The van der Waals surface area contributed by atoms with Crippen LogP contribution >= 0.6 is 0 Å². The average molecular weight is 368 g/mol. The van der Waals surface area contributed by atoms with Crippen molar-refractivity contribution in [2.75, 3.05) is 27.2 Å². The number of benzene rings is 1. The smallest absolute Gasteiger partial charge is 0.295 e. The van der Waals surface area contributed by atoms with Crippen LogP contribution in [0.2, 0.25) is 0 Å². The number of carbonyl (C=O) groups is 2. The Bertz CT molecular complexity index is 893. The maximum Gasteiger partial charge on any atom is 0.295 e. The predicted molar refractivity (Wildman–Crippen MR) is 102 cm³/mol. The molecule has 1 aliphatic heterocycles. The monoisotopic (exact) mass is 368 g/mol. The van der Waals surface area contributed by atoms with E-state index in [-0.39, 0.29) is 11.3 Å². The molecule has 1 atom stereocenters. The first-order valence-electron chi connectivity index (χ1n) is 8.86. The van der Waals surface area contributed by atoms with Gasteiger partial charge in [-0.3, -0.25) is 9.59 Å². The zero-order valence-corrected chi connectivity index (χ0v) is 16.0. The number of ketones is 1. The summed E-state index contributed by atoms with van der Waals surface area (Å²) in [6, 6.07) is 9.97. The fraction of sp³-hybridized carbons (Fsp3) is 0.333. The lowest BCUT2D eigenvalue weighted by Gasteiger charge is -2.24. The lowest BCUT2D eigenvalue weighted by atomic mass is 9.99. The third kappa shape index (κ3) is 3.66. The van der Waals surface area contributed by atoms with E-state index < -0.39 is 17.7 Å². The molecule has 2 heterocycles. The topological polar surface area (TPSA) is 74.0 Å². The van der Waals surface area contributed by atoms with Crippen LogP contribution < -0.4 is 0 Å². The normalized spacial score (nSPS) is 19.3. The second kappa shape index (κ2) is 7.40. The van der Waals surface area contributed by atoms with Crippen molar-refractivity contribution >= 4 is 17.4 Å². The molecule has 0 aliphatic carbocycles. The molecule has 1 amide bonds. The molecule has 0 saturated carbocycles. The van der Waals surface area contributed by atoms with Gasteiger partial charge in [-0.25, -0.2) is 0 Å². The van der Waals surface area contributed by atoms with Gasteiger partial charge in [0.05, 0.1) is 5.57 Å². The van der Waals surface area contributed by atoms with Crippen LogP contribution in [0.3, 0.4) is 0 Å². The van der Waals surface area contributed by atoms with Crippen LogP contribution in [-0.4, -0.2) is 53.8 Å². The van der Waals surface area contributed by atoms with Crippen LogP contribution in [0.15, 0.2) is 46.4 Å². The van der Waals surface area contributed by atoms with Crippen LogP contribution in [0.25, 0.3) is 5.76 Å². The maximum atomic E-state index is 12.8. The third-order valence-electron chi connectivity index (χ3n) is 4.68. The fourth-order valence-corrected chi connectivity index (χ4v) is 3.18. The highest BCUT2D eigenvalue weighted by molar-refractivity contribution is 6.46. The molecule has 2 aromatic rings. The van der Waals surface area contributed by atoms with Crippen molar-refractivity contribution in [1.82, 2.24) is 9.80 Å². The average Bonchev–Trinajstić information content (AvgIpc) is 3.15. The van der Waals surface area contributed by atoms with Gasteiger partial charge in [-0.15, -0.1) is 0 Å². The number of aliphatic hydroxyl groups excluding tert-OH is 1. The maximum absolute atomic E-state index is 12.8. The van der Waals surface area contributed by atoms with Crippen molar-refractivity contribution in [3.63, 3.8) is 0 Å². The molecule has 1 saturated heterocycles. The SMILES string of the molecule is Cc1ccc(C(O)=C2C(=O)C(=O)N(CCN(C)C)C2c2ccc(C)o2)cc1. The van der Waals surface area contributed by atoms with Gasteiger partial charge in [0.15, 0.2) is 0 Å². The number of hydrogen-bond donors (Lipinski definition) is 1. The number of carbonyl (C=O) groups excluding carboxylic acids is 2. The van der Waals surface area contributed by atoms with Gasteiger partial charge in [-0.1, -0.05) is 29.8 Å². The Morgan fingerprint density at radius 2 is 1.78 bits per heavy atom. The van der Waals surface area contributed by atoms with Crippen molar-refractivity contribution in [2.24, 2.45) is 0 Å². The first kappa shape index (κ1) is 18.9. The summed E-state index contributed by atoms with van der Waals surface area (Å²) >= 11 is 0. The molecular formula is C21H24N2O4. The Balaban J connectivity index is 2.11. The molecular weight excluding hydrogens is 344 g/mol. The Morgan fingerprint density at radius 1 is 1.11 bits per heavy atom. The van der Waals surface area contributed by atoms with E-state index in [2.05, 4.69) is 0 Å². The number of aliphatic hydroxyl groups is 1. The number of likely N-dealkylation sites (N-methyl/N-ethyl adjacent to an activating group) is 1. The summed E-state index contributed by atoms with van der Waals surface area (Å²) in [5, 5.41) is 10.9. The molecule has 0 spiro atoms. The Kier molecular flexibility index (Phi) is 5.19. The van der Waals surface area contributed by atoms with Crippen LogP contribution in [0.5, 0.6) is 0 Å². The first-order chi connectivity index (χ1) is 12.8. The van der Waals surface area contributed by atoms with Crippen molar-refractivity contribution in [2.45, 2.75) is 19.9 Å². The van der Waals surface area contributed by atoms with Crippen LogP contribution in [0.1, 0.15) is 28.7 Å². The Hall–Kier alpha value is -2.86. The quantitative estimate of drug-likeness (QED) is 0.499. The van der Waals surface area contributed by atoms with Crippen LogP contribution in [0, 0.1) is 13.8 Å². The molecule has 3 rings (SSSR count). The van der Waals surface area contributed by atoms with Gasteiger partial charge in [-0.05, 0) is 40.1 Å². The number of furan rings is 1. The zero-order valence-electron chi connectivity index (χ0n) is 16.0. The third-order valence-corrected chi connectivity index (χ3v) is 4.68. The Labute approximate surface area is 158 Å². The van der Waals surface area contributed by atoms with Crippen LogP contribution in [0.4, 0.5) is 0 Å². The summed E-state index contributed by atoms with van der Waals surface area (Å²) in [5.41, 5.74) is 1.60. The highest BCUT2D eigenvalue weighted by Crippen LogP contribution is 2.39. The lowest BCUT2D eigenvalue weighted by Crippen LogP contribution is -2.35. The van der Waals surface area contributed by atoms with Gasteiger partial charge in [-0.2, -0.15) is 0 Å². The molecule has 1 aromatic heterocycles. The molecule has 1 fully saturated rings. The molecule has 6 heteroatoms. The van der Waals surface area contributed by atoms with E-state index in [9.17, 15) is 14.7 Å². The van der Waals surface area contributed by atoms with Gasteiger partial charge < -0.3 is 19.3 Å². The highest BCUT2D eigenvalue weighted by Gasteiger charge is 2.47. The number of aryl methyl sites for hydroxylation is 2. The first-order valence-corrected chi connectivity index (χ1v) is 8.86. The number of nitrogens with zero attached hydrogens (tertiary/aromatic N) is 2. The summed E-state index contributed by atoms with van der Waals surface area (Å²) in [5.74, 6) is -0.340. The van der Waals surface area contributed by atoms with Crippen LogP contribution in [-0.2, 0) is 9.59 Å². The summed E-state index contributed by atoms with van der Waals surface area (Å²) in [7, 11) is 3.80. The number of rotatable bonds is 5. The largest absolute Gasteiger partial charge is 0.507 e. The minimum atomic E-state index is -0.736. The van der Waals surface area contributed by atoms with Crippen molar-refractivity contribution in [3.05, 3.63) is 64.6 Å². The van der Waals surface area contributed by atoms with Gasteiger partial charge >= 0.3 is 0 Å². The second-order valence-electron chi connectivity index (χ2n) is 7.11. The highest BCUT2D eigenvalue weighted by atomic mass is 16.3. The van der Waals surface area contributed by atoms with E-state index in [1.165, 1.54) is 4.90 Å². The summed E-state index contributed by atoms with van der Waals surface area (Å²) in [6.07, 6.45) is 0. The van der Waals surface area contributed by atoms with Gasteiger partial charge in [0.2, 0.25) is 0 Å². The molecule has 27 heavy (non-hydrogen) atoms. The molecule has 1 aliphatic rings. The molecule has 6 nitrogen and oxygen atoms in total. The zero-order chi connectivity index (χ0) is 19.7. The number of hydrogen-bond acceptors (Lipinski definition) is 5. The summed E-state index contributed by atoms with van der Waals surface area (Å²) in [6.45, 7) is 4.69. The Morgan fingerprint density at radius 3 is 2.33 bits per heavy atom. The summed E-state index contributed by atoms with van der Waals surface area (Å²) in [4.78, 5) is 28.9. The standard InChI is InChI=1S/C21H24N2O4/c1-13-5-8-15(9-6-13)19(24)17-18(16-10-7-14(2)27-16)23(12-11-22(3)4)21(26)20(17)25/h5-10,18,24H,11-12H2,1-4H3. The number of amides is 1. The van der Waals surface area contributed by atoms with Crippen molar-refractivity contribution < 1.29 is 19.1 Å². The molecule has 1 unspecified atom stereocenters. The van der Waals surface area contributed by atoms with E-state index in [1.807, 2.05) is 38.1 Å². The van der Waals surface area contributed by atoms with E-state index in [4.69, 9.17) is 4.42 Å². The fourth-order valence-electron chi connectivity index (χ4n) is 3.18. The minimum Gasteiger partial charge on any atom is -0.507 e. The van der Waals surface area contributed by atoms with Crippen molar-refractivity contribution in [3.8, 4) is 0 Å². The molecule has 1 N–H and O–H groups in total. The second-order valence-corrected chi connectivity index (χ2v) is 7.11.